The lowest BCUT2D eigenvalue weighted by molar-refractivity contribution is -0.126. The van der Waals surface area contributed by atoms with E-state index in [0.717, 1.165) is 44.2 Å². The zero-order valence-corrected chi connectivity index (χ0v) is 42.4. The molecule has 6 nitrogen and oxygen atoms in total. The van der Waals surface area contributed by atoms with Gasteiger partial charge in [0.1, 0.15) is 11.6 Å². The third kappa shape index (κ3) is 20.5. The smallest absolute Gasteiger partial charge is 0.303 e. The monoisotopic (exact) mass is 913 g/mol. The van der Waals surface area contributed by atoms with Crippen LogP contribution in [-0.2, 0) is 11.3 Å². The number of imide groups is 1. The second-order valence-corrected chi connectivity index (χ2v) is 20.7. The number of carbonyl (C=O) groups excluding carboxylic acids is 2. The Hall–Kier alpha value is -2.91. The minimum atomic E-state index is -0.951. The van der Waals surface area contributed by atoms with Crippen molar-refractivity contribution < 1.29 is 9.59 Å². The van der Waals surface area contributed by atoms with E-state index in [-0.39, 0.29) is 18.5 Å². The van der Waals surface area contributed by atoms with Crippen molar-refractivity contribution in [2.75, 3.05) is 4.90 Å². The Morgan fingerprint density at radius 3 is 1.17 bits per heavy atom. The third-order valence-electron chi connectivity index (χ3n) is 15.0. The molecule has 0 unspecified atom stereocenters. The maximum absolute atomic E-state index is 15.0. The summed E-state index contributed by atoms with van der Waals surface area (Å²) in [5.41, 5.74) is 1.23. The summed E-state index contributed by atoms with van der Waals surface area (Å²) in [5, 5.41) is 9.96. The number of carbonyl (C=O) groups is 2. The molecule has 0 radical (unpaired) electrons. The van der Waals surface area contributed by atoms with Gasteiger partial charge >= 0.3 is 6.03 Å². The van der Waals surface area contributed by atoms with E-state index < -0.39 is 5.54 Å². The first kappa shape index (κ1) is 54.7. The standard InChI is InChI=1S/C58H93ClN4O2/c1-51-54(45-44-52(49-60)55(51)59)63-56(64)58(62(57(63)65)50-53-43-39-42-48-61-53)46-40-37-35-33-31-29-27-25-23-21-19-17-15-13-11-9-7-5-3-2-4-6-8-10-12-14-16-18-20-22-24-26-28-30-32-34-36-38-41-47-58/h39,42-45,48H,2-38,40-41,46-47,50H2,1H3. The van der Waals surface area contributed by atoms with Crippen LogP contribution in [0.5, 0.6) is 0 Å². The van der Waals surface area contributed by atoms with Crippen LogP contribution in [0.25, 0.3) is 0 Å². The van der Waals surface area contributed by atoms with Crippen molar-refractivity contribution in [1.82, 2.24) is 9.88 Å². The highest BCUT2D eigenvalue weighted by molar-refractivity contribution is 6.33. The quantitative estimate of drug-likeness (QED) is 0.287. The third-order valence-corrected chi connectivity index (χ3v) is 15.5. The Morgan fingerprint density at radius 1 is 0.523 bits per heavy atom. The fourth-order valence-electron chi connectivity index (χ4n) is 10.8. The fourth-order valence-corrected chi connectivity index (χ4v) is 11.0. The number of benzene rings is 1. The second kappa shape index (κ2) is 34.4. The van der Waals surface area contributed by atoms with Crippen LogP contribution in [0.2, 0.25) is 5.02 Å². The number of nitriles is 1. The number of hydrogen-bond donors (Lipinski definition) is 0. The molecule has 0 atom stereocenters. The van der Waals surface area contributed by atoms with Gasteiger partial charge in [-0.1, -0.05) is 268 Å². The molecule has 1 saturated carbocycles. The molecule has 2 heterocycles. The molecule has 1 aromatic heterocycles. The number of aromatic nitrogens is 1. The number of amides is 3. The van der Waals surface area contributed by atoms with E-state index in [4.69, 9.17) is 11.6 Å². The highest BCUT2D eigenvalue weighted by atomic mass is 35.5. The van der Waals surface area contributed by atoms with Crippen LogP contribution < -0.4 is 4.90 Å². The molecule has 0 bridgehead atoms. The van der Waals surface area contributed by atoms with Crippen LogP contribution in [0.1, 0.15) is 280 Å². The van der Waals surface area contributed by atoms with Gasteiger partial charge in [0.15, 0.2) is 0 Å². The summed E-state index contributed by atoms with van der Waals surface area (Å²) in [5.74, 6) is -0.154. The Bertz CT molecular complexity index is 1560. The Kier molecular flexibility index (Phi) is 28.9. The summed E-state index contributed by atoms with van der Waals surface area (Å²) in [6.07, 6.45) is 55.3. The van der Waals surface area contributed by atoms with Gasteiger partial charge in [0.25, 0.3) is 5.91 Å². The zero-order chi connectivity index (χ0) is 46.1. The average Bonchev–Trinajstić information content (AvgIpc) is 3.51. The molecule has 2 fully saturated rings. The van der Waals surface area contributed by atoms with Crippen LogP contribution in [0.4, 0.5) is 10.5 Å². The predicted molar refractivity (Wildman–Crippen MR) is 276 cm³/mol. The van der Waals surface area contributed by atoms with Crippen molar-refractivity contribution in [3.05, 3.63) is 58.4 Å². The van der Waals surface area contributed by atoms with Crippen molar-refractivity contribution in [2.24, 2.45) is 0 Å². The SMILES string of the molecule is Cc1c(N2C(=O)N(Cc3ccccn3)C3(CCCCCCCCCCCCCCCCCCCCCCCCCCCCCCCCCCCCCCCCC3)C2=O)ccc(C#N)c1Cl. The van der Waals surface area contributed by atoms with Crippen LogP contribution >= 0.6 is 11.6 Å². The van der Waals surface area contributed by atoms with Gasteiger partial charge in [0.05, 0.1) is 28.5 Å². The Labute approximate surface area is 403 Å². The number of rotatable bonds is 3. The van der Waals surface area contributed by atoms with E-state index >= 15 is 4.79 Å². The van der Waals surface area contributed by atoms with Crippen molar-refractivity contribution in [1.29, 1.82) is 5.26 Å². The summed E-state index contributed by atoms with van der Waals surface area (Å²) in [4.78, 5) is 37.5. The van der Waals surface area contributed by atoms with Crippen LogP contribution in [0.3, 0.4) is 0 Å². The Balaban J connectivity index is 1.31. The predicted octanol–water partition coefficient (Wildman–Crippen LogP) is 18.6. The molecule has 65 heavy (non-hydrogen) atoms. The van der Waals surface area contributed by atoms with Crippen molar-refractivity contribution in [3.8, 4) is 6.07 Å². The normalized spacial score (nSPS) is 21.5. The molecule has 1 spiro atoms. The van der Waals surface area contributed by atoms with E-state index in [1.54, 1.807) is 25.3 Å². The number of hydrogen-bond acceptors (Lipinski definition) is 4. The summed E-state index contributed by atoms with van der Waals surface area (Å²) >= 11 is 6.66. The summed E-state index contributed by atoms with van der Waals surface area (Å²) in [6, 6.07) is 11.0. The lowest BCUT2D eigenvalue weighted by Gasteiger charge is -2.35. The van der Waals surface area contributed by atoms with Gasteiger partial charge < -0.3 is 4.90 Å². The van der Waals surface area contributed by atoms with Crippen molar-refractivity contribution >= 4 is 29.2 Å². The van der Waals surface area contributed by atoms with E-state index in [9.17, 15) is 10.1 Å². The van der Waals surface area contributed by atoms with Crippen LogP contribution in [0.15, 0.2) is 36.5 Å². The lowest BCUT2D eigenvalue weighted by atomic mass is 9.84. The molecule has 1 aromatic carbocycles. The lowest BCUT2D eigenvalue weighted by Crippen LogP contribution is -2.49. The van der Waals surface area contributed by atoms with Crippen LogP contribution in [0, 0.1) is 18.3 Å². The second-order valence-electron chi connectivity index (χ2n) is 20.3. The van der Waals surface area contributed by atoms with E-state index in [1.807, 2.05) is 23.1 Å². The van der Waals surface area contributed by atoms with Crippen molar-refractivity contribution in [2.45, 2.75) is 282 Å². The highest BCUT2D eigenvalue weighted by Gasteiger charge is 2.57. The summed E-state index contributed by atoms with van der Waals surface area (Å²) < 4.78 is 0. The van der Waals surface area contributed by atoms with Gasteiger partial charge in [0.2, 0.25) is 0 Å². The molecule has 4 rings (SSSR count). The molecule has 2 aliphatic rings. The van der Waals surface area contributed by atoms with E-state index in [1.165, 1.54) is 217 Å². The minimum Gasteiger partial charge on any atom is -0.303 e. The first-order valence-electron chi connectivity index (χ1n) is 27.7. The van der Waals surface area contributed by atoms with Gasteiger partial charge in [-0.3, -0.25) is 9.78 Å². The fraction of sp³-hybridized carbons (Fsp3) is 0.759. The highest BCUT2D eigenvalue weighted by Crippen LogP contribution is 2.43. The summed E-state index contributed by atoms with van der Waals surface area (Å²) in [7, 11) is 0. The maximum Gasteiger partial charge on any atom is 0.332 e. The first-order chi connectivity index (χ1) is 32.0. The molecule has 1 aliphatic heterocycles. The van der Waals surface area contributed by atoms with Crippen LogP contribution in [-0.4, -0.2) is 27.4 Å². The van der Waals surface area contributed by atoms with Gasteiger partial charge in [-0.15, -0.1) is 0 Å². The minimum absolute atomic E-state index is 0.154. The molecule has 1 saturated heterocycles. The number of halogens is 1. The number of urea groups is 1. The largest absolute Gasteiger partial charge is 0.332 e. The molecule has 0 N–H and O–H groups in total. The number of pyridine rings is 1. The van der Waals surface area contributed by atoms with Gasteiger partial charge in [0, 0.05) is 6.20 Å². The molecule has 364 valence electrons. The zero-order valence-electron chi connectivity index (χ0n) is 41.6. The number of nitrogens with zero attached hydrogens (tertiary/aromatic N) is 4. The van der Waals surface area contributed by atoms with Gasteiger partial charge in [-0.2, -0.15) is 5.26 Å². The first-order valence-corrected chi connectivity index (χ1v) is 28.1. The maximum atomic E-state index is 15.0. The molecule has 1 aliphatic carbocycles. The van der Waals surface area contributed by atoms with Gasteiger partial charge in [-0.05, 0) is 49.6 Å². The average molecular weight is 914 g/mol. The Morgan fingerprint density at radius 2 is 0.862 bits per heavy atom. The molecule has 7 heteroatoms. The number of anilines is 1. The molecular formula is C58H93ClN4O2. The van der Waals surface area contributed by atoms with Gasteiger partial charge in [-0.25, -0.2) is 9.69 Å². The molecule has 2 aromatic rings. The van der Waals surface area contributed by atoms with E-state index in [2.05, 4.69) is 11.1 Å². The van der Waals surface area contributed by atoms with E-state index in [0.29, 0.717) is 34.7 Å². The summed E-state index contributed by atoms with van der Waals surface area (Å²) in [6.45, 7) is 2.09. The molecular weight excluding hydrogens is 820 g/mol. The topological polar surface area (TPSA) is 77.3 Å². The van der Waals surface area contributed by atoms with Crippen molar-refractivity contribution in [3.63, 3.8) is 0 Å². The molecule has 3 amide bonds.